The molecule has 1 aliphatic heterocycles. The van der Waals surface area contributed by atoms with E-state index in [4.69, 9.17) is 9.47 Å². The molecule has 1 fully saturated rings. The van der Waals surface area contributed by atoms with E-state index in [0.29, 0.717) is 24.4 Å². The number of hydrogen-bond donors (Lipinski definition) is 0. The molecule has 1 aromatic heterocycles. The van der Waals surface area contributed by atoms with Gasteiger partial charge in [0.2, 0.25) is 0 Å². The zero-order valence-corrected chi connectivity index (χ0v) is 14.3. The number of esters is 1. The normalized spacial score (nSPS) is 14.4. The second-order valence-electron chi connectivity index (χ2n) is 5.77. The van der Waals surface area contributed by atoms with E-state index in [0.717, 1.165) is 15.3 Å². The Kier molecular flexibility index (Phi) is 4.01. The highest BCUT2D eigenvalue weighted by atomic mass is 32.1. The number of nitrogens with zero attached hydrogens (tertiary/aromatic N) is 2. The molecule has 0 spiro atoms. The van der Waals surface area contributed by atoms with Gasteiger partial charge in [-0.1, -0.05) is 11.3 Å². The third kappa shape index (κ3) is 3.15. The summed E-state index contributed by atoms with van der Waals surface area (Å²) in [7, 11) is 1.58. The molecule has 128 valence electrons. The van der Waals surface area contributed by atoms with Gasteiger partial charge in [-0.2, -0.15) is 0 Å². The standard InChI is InChI=1S/C18H15FN2O3S/c1-23-13-5-2-11(3-6-13)17(22)24-14-9-21(10-14)18-20-15-7-4-12(19)8-16(15)25-18/h2-8,14H,9-10H2,1H3. The summed E-state index contributed by atoms with van der Waals surface area (Å²) in [6, 6.07) is 11.4. The Bertz CT molecular complexity index is 920. The highest BCUT2D eigenvalue weighted by Crippen LogP contribution is 2.32. The number of thiazole rings is 1. The van der Waals surface area contributed by atoms with Crippen LogP contribution in [0.25, 0.3) is 10.2 Å². The average Bonchev–Trinajstić information content (AvgIpc) is 3.00. The quantitative estimate of drug-likeness (QED) is 0.668. The molecule has 2 aromatic carbocycles. The van der Waals surface area contributed by atoms with E-state index in [1.54, 1.807) is 37.4 Å². The van der Waals surface area contributed by atoms with E-state index >= 15 is 0 Å². The SMILES string of the molecule is COc1ccc(C(=O)OC2CN(c3nc4ccc(F)cc4s3)C2)cc1. The lowest BCUT2D eigenvalue weighted by atomic mass is 10.1. The third-order valence-corrected chi connectivity index (χ3v) is 5.14. The maximum atomic E-state index is 13.3. The molecule has 0 atom stereocenters. The topological polar surface area (TPSA) is 51.7 Å². The number of rotatable bonds is 4. The first-order chi connectivity index (χ1) is 12.1. The van der Waals surface area contributed by atoms with E-state index in [-0.39, 0.29) is 17.9 Å². The van der Waals surface area contributed by atoms with Crippen molar-refractivity contribution < 1.29 is 18.7 Å². The lowest BCUT2D eigenvalue weighted by Crippen LogP contribution is -2.53. The molecule has 1 aliphatic rings. The van der Waals surface area contributed by atoms with Crippen LogP contribution in [0.15, 0.2) is 42.5 Å². The van der Waals surface area contributed by atoms with Crippen molar-refractivity contribution in [3.8, 4) is 5.75 Å². The maximum absolute atomic E-state index is 13.3. The largest absolute Gasteiger partial charge is 0.497 e. The number of halogens is 1. The van der Waals surface area contributed by atoms with E-state index in [9.17, 15) is 9.18 Å². The molecule has 1 saturated heterocycles. The molecule has 4 rings (SSSR count). The summed E-state index contributed by atoms with van der Waals surface area (Å²) in [5.41, 5.74) is 1.27. The van der Waals surface area contributed by atoms with Crippen LogP contribution in [0, 0.1) is 5.82 Å². The van der Waals surface area contributed by atoms with Gasteiger partial charge in [0.25, 0.3) is 0 Å². The second kappa shape index (κ2) is 6.33. The van der Waals surface area contributed by atoms with Crippen LogP contribution in [0.4, 0.5) is 9.52 Å². The van der Waals surface area contributed by atoms with E-state index in [1.807, 2.05) is 4.90 Å². The summed E-state index contributed by atoms with van der Waals surface area (Å²) in [6.45, 7) is 1.17. The minimum absolute atomic E-state index is 0.168. The Morgan fingerprint density at radius 3 is 2.72 bits per heavy atom. The molecule has 0 saturated carbocycles. The predicted octanol–water partition coefficient (Wildman–Crippen LogP) is 3.49. The maximum Gasteiger partial charge on any atom is 0.338 e. The van der Waals surface area contributed by atoms with Gasteiger partial charge >= 0.3 is 5.97 Å². The predicted molar refractivity (Wildman–Crippen MR) is 94.0 cm³/mol. The highest BCUT2D eigenvalue weighted by molar-refractivity contribution is 7.22. The van der Waals surface area contributed by atoms with Crippen LogP contribution in [0.2, 0.25) is 0 Å². The van der Waals surface area contributed by atoms with Crippen LogP contribution in [0.3, 0.4) is 0 Å². The van der Waals surface area contributed by atoms with E-state index < -0.39 is 0 Å². The molecule has 0 bridgehead atoms. The van der Waals surface area contributed by atoms with Crippen LogP contribution in [-0.4, -0.2) is 37.3 Å². The van der Waals surface area contributed by atoms with Gasteiger partial charge in [-0.15, -0.1) is 0 Å². The van der Waals surface area contributed by atoms with Crippen molar-refractivity contribution in [3.05, 3.63) is 53.8 Å². The number of aromatic nitrogens is 1. The third-order valence-electron chi connectivity index (χ3n) is 4.06. The van der Waals surface area contributed by atoms with Gasteiger partial charge in [0.15, 0.2) is 5.13 Å². The van der Waals surface area contributed by atoms with Crippen molar-refractivity contribution in [1.82, 2.24) is 4.98 Å². The Morgan fingerprint density at radius 1 is 1.24 bits per heavy atom. The van der Waals surface area contributed by atoms with E-state index in [1.165, 1.54) is 23.5 Å². The number of fused-ring (bicyclic) bond motifs is 1. The highest BCUT2D eigenvalue weighted by Gasteiger charge is 2.32. The molecule has 0 aliphatic carbocycles. The van der Waals surface area contributed by atoms with Gasteiger partial charge in [-0.3, -0.25) is 0 Å². The molecule has 0 unspecified atom stereocenters. The van der Waals surface area contributed by atoms with Gasteiger partial charge in [0.05, 0.1) is 36.0 Å². The minimum Gasteiger partial charge on any atom is -0.497 e. The fraction of sp³-hybridized carbons (Fsp3) is 0.222. The molecule has 5 nitrogen and oxygen atoms in total. The van der Waals surface area contributed by atoms with Crippen LogP contribution < -0.4 is 9.64 Å². The first kappa shape index (κ1) is 15.8. The van der Waals surface area contributed by atoms with Crippen molar-refractivity contribution in [1.29, 1.82) is 0 Å². The Balaban J connectivity index is 1.36. The Labute approximate surface area is 147 Å². The lowest BCUT2D eigenvalue weighted by Gasteiger charge is -2.38. The number of methoxy groups -OCH3 is 1. The fourth-order valence-corrected chi connectivity index (χ4v) is 3.65. The molecule has 25 heavy (non-hydrogen) atoms. The van der Waals surface area contributed by atoms with Gasteiger partial charge in [-0.05, 0) is 42.5 Å². The number of anilines is 1. The molecular weight excluding hydrogens is 343 g/mol. The smallest absolute Gasteiger partial charge is 0.338 e. The fourth-order valence-electron chi connectivity index (χ4n) is 2.64. The van der Waals surface area contributed by atoms with Crippen molar-refractivity contribution in [2.75, 3.05) is 25.1 Å². The minimum atomic E-state index is -0.348. The first-order valence-electron chi connectivity index (χ1n) is 7.78. The van der Waals surface area contributed by atoms with Gasteiger partial charge in [-0.25, -0.2) is 14.2 Å². The van der Waals surface area contributed by atoms with Gasteiger partial charge in [0, 0.05) is 0 Å². The summed E-state index contributed by atoms with van der Waals surface area (Å²) >= 11 is 1.44. The zero-order chi connectivity index (χ0) is 17.4. The monoisotopic (exact) mass is 358 g/mol. The van der Waals surface area contributed by atoms with Crippen molar-refractivity contribution in [2.24, 2.45) is 0 Å². The molecule has 7 heteroatoms. The number of carbonyl (C=O) groups excluding carboxylic acids is 1. The average molecular weight is 358 g/mol. The molecule has 0 N–H and O–H groups in total. The second-order valence-corrected chi connectivity index (χ2v) is 6.78. The lowest BCUT2D eigenvalue weighted by molar-refractivity contribution is 0.0234. The molecular formula is C18H15FN2O3S. The first-order valence-corrected chi connectivity index (χ1v) is 8.60. The van der Waals surface area contributed by atoms with Crippen LogP contribution >= 0.6 is 11.3 Å². The van der Waals surface area contributed by atoms with Crippen LogP contribution in [0.1, 0.15) is 10.4 Å². The van der Waals surface area contributed by atoms with E-state index in [2.05, 4.69) is 4.98 Å². The Hall–Kier alpha value is -2.67. The van der Waals surface area contributed by atoms with Crippen molar-refractivity contribution >= 4 is 32.7 Å². The number of benzene rings is 2. The van der Waals surface area contributed by atoms with Gasteiger partial charge in [0.1, 0.15) is 17.7 Å². The van der Waals surface area contributed by atoms with Crippen LogP contribution in [-0.2, 0) is 4.74 Å². The van der Waals surface area contributed by atoms with Crippen molar-refractivity contribution in [3.63, 3.8) is 0 Å². The molecule has 2 heterocycles. The van der Waals surface area contributed by atoms with Gasteiger partial charge < -0.3 is 14.4 Å². The molecule has 0 radical (unpaired) electrons. The molecule has 3 aromatic rings. The Morgan fingerprint density at radius 2 is 2.00 bits per heavy atom. The molecule has 0 amide bonds. The number of hydrogen-bond acceptors (Lipinski definition) is 6. The number of carbonyl (C=O) groups is 1. The summed E-state index contributed by atoms with van der Waals surface area (Å²) in [5.74, 6) is 0.0786. The van der Waals surface area contributed by atoms with Crippen LogP contribution in [0.5, 0.6) is 5.75 Å². The summed E-state index contributed by atoms with van der Waals surface area (Å²) in [4.78, 5) is 18.6. The van der Waals surface area contributed by atoms with Crippen molar-refractivity contribution in [2.45, 2.75) is 6.10 Å². The number of ether oxygens (including phenoxy) is 2. The summed E-state index contributed by atoms with van der Waals surface area (Å²) in [6.07, 6.45) is -0.168. The summed E-state index contributed by atoms with van der Waals surface area (Å²) < 4.78 is 24.6. The zero-order valence-electron chi connectivity index (χ0n) is 13.4. The summed E-state index contributed by atoms with van der Waals surface area (Å²) in [5, 5.41) is 0.817.